The first-order chi connectivity index (χ1) is 13.4. The number of hydrogen-bond acceptors (Lipinski definition) is 4. The second-order valence-electron chi connectivity index (χ2n) is 6.94. The van der Waals surface area contributed by atoms with Crippen molar-refractivity contribution in [3.05, 3.63) is 59.7 Å². The highest BCUT2D eigenvalue weighted by molar-refractivity contribution is 7.89. The van der Waals surface area contributed by atoms with Gasteiger partial charge in [0, 0.05) is 18.7 Å². The Hall–Kier alpha value is -2.38. The number of rotatable bonds is 6. The first kappa shape index (κ1) is 20.4. The number of carbonyl (C=O) groups is 1. The molecule has 0 bridgehead atoms. The number of nitrogens with zero attached hydrogens (tertiary/aromatic N) is 1. The van der Waals surface area contributed by atoms with Crippen LogP contribution in [0.1, 0.15) is 48.1 Å². The molecular weight excluding hydrogens is 376 g/mol. The van der Waals surface area contributed by atoms with E-state index in [1.165, 1.54) is 17.5 Å². The Labute approximate surface area is 166 Å². The molecule has 1 N–H and O–H groups in total. The normalized spacial score (nSPS) is 16.4. The summed E-state index contributed by atoms with van der Waals surface area (Å²) in [6, 6.07) is 14.0. The zero-order valence-corrected chi connectivity index (χ0v) is 17.0. The summed E-state index contributed by atoms with van der Waals surface area (Å²) in [6.07, 6.45) is 2.72. The van der Waals surface area contributed by atoms with Gasteiger partial charge in [0.05, 0.1) is 13.2 Å². The summed E-state index contributed by atoms with van der Waals surface area (Å²) in [4.78, 5) is 12.8. The molecule has 1 atom stereocenters. The van der Waals surface area contributed by atoms with E-state index in [0.29, 0.717) is 18.7 Å². The van der Waals surface area contributed by atoms with Gasteiger partial charge in [-0.15, -0.1) is 0 Å². The van der Waals surface area contributed by atoms with Gasteiger partial charge in [-0.25, -0.2) is 8.42 Å². The number of carbonyl (C=O) groups excluding carboxylic acids is 1. The molecule has 0 radical (unpaired) electrons. The van der Waals surface area contributed by atoms with Crippen LogP contribution in [0.25, 0.3) is 0 Å². The topological polar surface area (TPSA) is 75.7 Å². The highest BCUT2D eigenvalue weighted by atomic mass is 32.2. The molecule has 0 saturated carbocycles. The zero-order valence-electron chi connectivity index (χ0n) is 16.2. The van der Waals surface area contributed by atoms with Crippen molar-refractivity contribution in [1.29, 1.82) is 0 Å². The first-order valence-electron chi connectivity index (χ1n) is 9.47. The number of sulfonamides is 1. The van der Waals surface area contributed by atoms with E-state index in [4.69, 9.17) is 4.74 Å². The predicted octanol–water partition coefficient (Wildman–Crippen LogP) is 3.36. The van der Waals surface area contributed by atoms with Gasteiger partial charge in [0.1, 0.15) is 10.6 Å². The van der Waals surface area contributed by atoms with Crippen LogP contribution in [0.15, 0.2) is 53.4 Å². The number of ether oxygens (including phenoxy) is 1. The van der Waals surface area contributed by atoms with Crippen molar-refractivity contribution in [3.8, 4) is 5.75 Å². The standard InChI is InChI=1S/C21H26N2O4S/c1-16(17-9-5-3-6-10-17)22-21(24)18-11-12-19(27-2)20(15-18)28(25,26)23-13-7-4-8-14-23/h3,5-6,9-12,15-16H,4,7-8,13-14H2,1-2H3,(H,22,24)/t16-/m0/s1. The quantitative estimate of drug-likeness (QED) is 0.804. The Morgan fingerprint density at radius 2 is 1.75 bits per heavy atom. The summed E-state index contributed by atoms with van der Waals surface area (Å²) in [5.74, 6) is -0.0765. The molecule has 28 heavy (non-hydrogen) atoms. The summed E-state index contributed by atoms with van der Waals surface area (Å²) in [5.41, 5.74) is 1.27. The zero-order chi connectivity index (χ0) is 20.1. The third kappa shape index (κ3) is 4.36. The van der Waals surface area contributed by atoms with Gasteiger partial charge in [0.15, 0.2) is 0 Å². The molecule has 2 aromatic rings. The Morgan fingerprint density at radius 1 is 1.07 bits per heavy atom. The van der Waals surface area contributed by atoms with E-state index in [1.54, 1.807) is 12.1 Å². The van der Waals surface area contributed by atoms with E-state index < -0.39 is 10.0 Å². The molecule has 150 valence electrons. The van der Waals surface area contributed by atoms with Crippen molar-refractivity contribution < 1.29 is 17.9 Å². The van der Waals surface area contributed by atoms with Crippen LogP contribution in [-0.2, 0) is 10.0 Å². The smallest absolute Gasteiger partial charge is 0.251 e. The number of nitrogens with one attached hydrogen (secondary N) is 1. The van der Waals surface area contributed by atoms with E-state index >= 15 is 0 Å². The Bertz CT molecular complexity index is 923. The molecule has 0 unspecified atom stereocenters. The summed E-state index contributed by atoms with van der Waals surface area (Å²) < 4.78 is 32.9. The van der Waals surface area contributed by atoms with Gasteiger partial charge in [-0.2, -0.15) is 4.31 Å². The molecule has 1 heterocycles. The number of benzene rings is 2. The maximum atomic E-state index is 13.1. The number of hydrogen-bond donors (Lipinski definition) is 1. The summed E-state index contributed by atoms with van der Waals surface area (Å²) in [6.45, 7) is 2.88. The summed E-state index contributed by atoms with van der Waals surface area (Å²) in [5, 5.41) is 2.92. The van der Waals surface area contributed by atoms with Crippen molar-refractivity contribution in [2.75, 3.05) is 20.2 Å². The molecule has 1 aliphatic rings. The van der Waals surface area contributed by atoms with Crippen LogP contribution in [0.2, 0.25) is 0 Å². The van der Waals surface area contributed by atoms with Crippen LogP contribution >= 0.6 is 0 Å². The fraction of sp³-hybridized carbons (Fsp3) is 0.381. The van der Waals surface area contributed by atoms with Gasteiger partial charge in [0.25, 0.3) is 5.91 Å². The maximum Gasteiger partial charge on any atom is 0.251 e. The van der Waals surface area contributed by atoms with Gasteiger partial charge in [-0.05, 0) is 43.5 Å². The molecule has 0 spiro atoms. The van der Waals surface area contributed by atoms with Gasteiger partial charge >= 0.3 is 0 Å². The van der Waals surface area contributed by atoms with Gasteiger partial charge in [-0.1, -0.05) is 36.8 Å². The average molecular weight is 403 g/mol. The predicted molar refractivity (Wildman–Crippen MR) is 108 cm³/mol. The average Bonchev–Trinajstić information content (AvgIpc) is 2.74. The Kier molecular flexibility index (Phi) is 6.36. The molecule has 1 fully saturated rings. The van der Waals surface area contributed by atoms with Crippen molar-refractivity contribution >= 4 is 15.9 Å². The molecule has 0 aromatic heterocycles. The lowest BCUT2D eigenvalue weighted by Crippen LogP contribution is -2.36. The molecule has 6 nitrogen and oxygen atoms in total. The Morgan fingerprint density at radius 3 is 2.39 bits per heavy atom. The molecule has 3 rings (SSSR count). The van der Waals surface area contributed by atoms with Crippen molar-refractivity contribution in [2.24, 2.45) is 0 Å². The molecule has 1 amide bonds. The second kappa shape index (κ2) is 8.75. The van der Waals surface area contributed by atoms with Crippen LogP contribution < -0.4 is 10.1 Å². The molecule has 7 heteroatoms. The monoisotopic (exact) mass is 402 g/mol. The van der Waals surface area contributed by atoms with Crippen LogP contribution in [-0.4, -0.2) is 38.8 Å². The first-order valence-corrected chi connectivity index (χ1v) is 10.9. The van der Waals surface area contributed by atoms with Crippen LogP contribution in [0.3, 0.4) is 0 Å². The van der Waals surface area contributed by atoms with E-state index in [1.807, 2.05) is 37.3 Å². The van der Waals surface area contributed by atoms with Crippen molar-refractivity contribution in [2.45, 2.75) is 37.1 Å². The lowest BCUT2D eigenvalue weighted by atomic mass is 10.1. The van der Waals surface area contributed by atoms with Gasteiger partial charge in [0.2, 0.25) is 10.0 Å². The fourth-order valence-electron chi connectivity index (χ4n) is 3.37. The van der Waals surface area contributed by atoms with E-state index in [-0.39, 0.29) is 22.6 Å². The van der Waals surface area contributed by atoms with Crippen LogP contribution in [0.4, 0.5) is 0 Å². The molecule has 1 aliphatic heterocycles. The van der Waals surface area contributed by atoms with E-state index in [2.05, 4.69) is 5.32 Å². The van der Waals surface area contributed by atoms with Crippen molar-refractivity contribution in [3.63, 3.8) is 0 Å². The number of piperidine rings is 1. The minimum atomic E-state index is -3.71. The maximum absolute atomic E-state index is 13.1. The Balaban J connectivity index is 1.87. The highest BCUT2D eigenvalue weighted by Gasteiger charge is 2.29. The largest absolute Gasteiger partial charge is 0.495 e. The van der Waals surface area contributed by atoms with E-state index in [0.717, 1.165) is 24.8 Å². The van der Waals surface area contributed by atoms with Crippen LogP contribution in [0, 0.1) is 0 Å². The van der Waals surface area contributed by atoms with Crippen molar-refractivity contribution in [1.82, 2.24) is 9.62 Å². The lowest BCUT2D eigenvalue weighted by molar-refractivity contribution is 0.0939. The lowest BCUT2D eigenvalue weighted by Gasteiger charge is -2.26. The number of methoxy groups -OCH3 is 1. The summed E-state index contributed by atoms with van der Waals surface area (Å²) >= 11 is 0. The van der Waals surface area contributed by atoms with Crippen LogP contribution in [0.5, 0.6) is 5.75 Å². The molecule has 2 aromatic carbocycles. The summed E-state index contributed by atoms with van der Waals surface area (Å²) in [7, 11) is -2.28. The molecule has 1 saturated heterocycles. The third-order valence-electron chi connectivity index (χ3n) is 5.01. The minimum absolute atomic E-state index is 0.0388. The third-order valence-corrected chi connectivity index (χ3v) is 6.93. The highest BCUT2D eigenvalue weighted by Crippen LogP contribution is 2.29. The molecule has 0 aliphatic carbocycles. The molecular formula is C21H26N2O4S. The van der Waals surface area contributed by atoms with Gasteiger partial charge < -0.3 is 10.1 Å². The second-order valence-corrected chi connectivity index (χ2v) is 8.84. The minimum Gasteiger partial charge on any atom is -0.495 e. The SMILES string of the molecule is COc1ccc(C(=O)N[C@@H](C)c2ccccc2)cc1S(=O)(=O)N1CCCCC1. The fourth-order valence-corrected chi connectivity index (χ4v) is 5.07. The number of amides is 1. The van der Waals surface area contributed by atoms with Gasteiger partial charge in [-0.3, -0.25) is 4.79 Å². The van der Waals surface area contributed by atoms with E-state index in [9.17, 15) is 13.2 Å².